The lowest BCUT2D eigenvalue weighted by Gasteiger charge is -2.12. The molecule has 0 fully saturated rings. The molecule has 1 heterocycles. The Morgan fingerprint density at radius 3 is 2.64 bits per heavy atom. The summed E-state index contributed by atoms with van der Waals surface area (Å²) in [6.45, 7) is 2.91. The first kappa shape index (κ1) is 19.4. The van der Waals surface area contributed by atoms with Crippen LogP contribution in [-0.2, 0) is 14.8 Å². The van der Waals surface area contributed by atoms with Gasteiger partial charge in [0, 0.05) is 11.3 Å². The van der Waals surface area contributed by atoms with E-state index in [0.717, 1.165) is 0 Å². The number of ether oxygens (including phenoxy) is 1. The molecule has 0 atom stereocenters. The number of nitrogens with one attached hydrogen (secondary N) is 2. The van der Waals surface area contributed by atoms with E-state index in [1.165, 1.54) is 18.2 Å². The molecule has 3 aromatic rings. The van der Waals surface area contributed by atoms with Crippen molar-refractivity contribution in [2.75, 3.05) is 11.3 Å². The third-order valence-electron chi connectivity index (χ3n) is 3.78. The van der Waals surface area contributed by atoms with Gasteiger partial charge in [0.05, 0.1) is 4.90 Å². The van der Waals surface area contributed by atoms with Crippen molar-refractivity contribution >= 4 is 21.7 Å². The van der Waals surface area contributed by atoms with Gasteiger partial charge in [0.25, 0.3) is 10.0 Å². The summed E-state index contributed by atoms with van der Waals surface area (Å²) >= 11 is 0. The number of benzene rings is 2. The summed E-state index contributed by atoms with van der Waals surface area (Å²) in [5.41, 5.74) is 1.54. The summed E-state index contributed by atoms with van der Waals surface area (Å²) in [4.78, 5) is 14.9. The zero-order chi connectivity index (χ0) is 20.3. The predicted octanol–water partition coefficient (Wildman–Crippen LogP) is 2.35. The van der Waals surface area contributed by atoms with E-state index in [-0.39, 0.29) is 4.90 Å². The largest absolute Gasteiger partial charge is 0.482 e. The molecule has 28 heavy (non-hydrogen) atoms. The molecule has 0 saturated heterocycles. The van der Waals surface area contributed by atoms with Crippen LogP contribution < -0.4 is 9.46 Å². The van der Waals surface area contributed by atoms with E-state index in [2.05, 4.69) is 19.9 Å². The third-order valence-corrected chi connectivity index (χ3v) is 5.16. The van der Waals surface area contributed by atoms with Gasteiger partial charge >= 0.3 is 5.97 Å². The van der Waals surface area contributed by atoms with Crippen LogP contribution in [0.4, 0.5) is 5.69 Å². The van der Waals surface area contributed by atoms with Crippen LogP contribution in [0.15, 0.2) is 47.4 Å². The molecule has 0 saturated carbocycles. The van der Waals surface area contributed by atoms with Crippen LogP contribution in [0.1, 0.15) is 11.4 Å². The highest BCUT2D eigenvalue weighted by atomic mass is 32.2. The number of nitrogens with zero attached hydrogens (tertiary/aromatic N) is 2. The molecule has 146 valence electrons. The Morgan fingerprint density at radius 1 is 1.21 bits per heavy atom. The van der Waals surface area contributed by atoms with E-state index in [1.807, 2.05) is 0 Å². The first-order valence-electron chi connectivity index (χ1n) is 8.22. The Morgan fingerprint density at radius 2 is 2.00 bits per heavy atom. The molecule has 0 bridgehead atoms. The van der Waals surface area contributed by atoms with Crippen molar-refractivity contribution in [2.24, 2.45) is 0 Å². The molecule has 1 aromatic heterocycles. The van der Waals surface area contributed by atoms with Crippen LogP contribution in [0.25, 0.3) is 11.4 Å². The summed E-state index contributed by atoms with van der Waals surface area (Å²) in [6, 6.07) is 10.9. The van der Waals surface area contributed by atoms with E-state index in [4.69, 9.17) is 9.84 Å². The Balaban J connectivity index is 1.82. The number of aryl methyl sites for hydroxylation is 2. The summed E-state index contributed by atoms with van der Waals surface area (Å²) in [7, 11) is -3.85. The lowest BCUT2D eigenvalue weighted by Crippen LogP contribution is -2.14. The molecule has 0 amide bonds. The number of sulfonamides is 1. The van der Waals surface area contributed by atoms with Gasteiger partial charge in [0.1, 0.15) is 11.6 Å². The number of anilines is 1. The van der Waals surface area contributed by atoms with Gasteiger partial charge in [-0.1, -0.05) is 12.1 Å². The van der Waals surface area contributed by atoms with Gasteiger partial charge in [-0.2, -0.15) is 5.10 Å². The number of carboxylic acid groups (broad SMARTS) is 1. The first-order chi connectivity index (χ1) is 13.2. The van der Waals surface area contributed by atoms with Gasteiger partial charge in [-0.3, -0.25) is 9.82 Å². The molecule has 0 radical (unpaired) electrons. The highest BCUT2D eigenvalue weighted by molar-refractivity contribution is 7.92. The molecule has 0 aliphatic rings. The van der Waals surface area contributed by atoms with Crippen LogP contribution in [0, 0.1) is 13.8 Å². The fraction of sp³-hybridized carbons (Fsp3) is 0.167. The van der Waals surface area contributed by atoms with Crippen molar-refractivity contribution in [1.82, 2.24) is 15.2 Å². The van der Waals surface area contributed by atoms with Crippen LogP contribution in [0.2, 0.25) is 0 Å². The lowest BCUT2D eigenvalue weighted by molar-refractivity contribution is -0.139. The highest BCUT2D eigenvalue weighted by Crippen LogP contribution is 2.25. The average molecular weight is 402 g/mol. The van der Waals surface area contributed by atoms with Crippen molar-refractivity contribution in [3.8, 4) is 17.1 Å². The molecule has 3 N–H and O–H groups in total. The van der Waals surface area contributed by atoms with Crippen LogP contribution in [-0.4, -0.2) is 41.3 Å². The van der Waals surface area contributed by atoms with Gasteiger partial charge in [-0.05, 0) is 49.7 Å². The minimum absolute atomic E-state index is 0.0341. The van der Waals surface area contributed by atoms with Gasteiger partial charge < -0.3 is 9.84 Å². The topological polar surface area (TPSA) is 134 Å². The van der Waals surface area contributed by atoms with E-state index < -0.39 is 22.6 Å². The third kappa shape index (κ3) is 4.46. The Bertz CT molecular complexity index is 1120. The molecule has 10 heteroatoms. The Kier molecular flexibility index (Phi) is 5.32. The van der Waals surface area contributed by atoms with Gasteiger partial charge in [0.2, 0.25) is 0 Å². The second-order valence-corrected chi connectivity index (χ2v) is 7.72. The first-order valence-corrected chi connectivity index (χ1v) is 9.70. The monoisotopic (exact) mass is 402 g/mol. The van der Waals surface area contributed by atoms with Crippen molar-refractivity contribution < 1.29 is 23.1 Å². The number of rotatable bonds is 7. The van der Waals surface area contributed by atoms with Gasteiger partial charge in [-0.25, -0.2) is 18.2 Å². The smallest absolute Gasteiger partial charge is 0.341 e. The van der Waals surface area contributed by atoms with Crippen molar-refractivity contribution in [3.63, 3.8) is 0 Å². The zero-order valence-corrected chi connectivity index (χ0v) is 15.9. The van der Waals surface area contributed by atoms with Crippen molar-refractivity contribution in [1.29, 1.82) is 0 Å². The number of hydrogen-bond donors (Lipinski definition) is 3. The normalized spacial score (nSPS) is 11.2. The molecule has 0 unspecified atom stereocenters. The number of H-pyrrole nitrogens is 1. The number of hydrogen-bond acceptors (Lipinski definition) is 6. The molecule has 9 nitrogen and oxygen atoms in total. The predicted molar refractivity (Wildman–Crippen MR) is 102 cm³/mol. The van der Waals surface area contributed by atoms with Crippen LogP contribution >= 0.6 is 0 Å². The number of aromatic nitrogens is 3. The van der Waals surface area contributed by atoms with E-state index in [0.29, 0.717) is 34.2 Å². The molecule has 2 aromatic carbocycles. The van der Waals surface area contributed by atoms with Gasteiger partial charge in [0.15, 0.2) is 12.4 Å². The summed E-state index contributed by atoms with van der Waals surface area (Å²) in [6.07, 6.45) is 0. The van der Waals surface area contributed by atoms with Crippen LogP contribution in [0.3, 0.4) is 0 Å². The lowest BCUT2D eigenvalue weighted by atomic mass is 10.2. The van der Waals surface area contributed by atoms with Crippen molar-refractivity contribution in [2.45, 2.75) is 18.7 Å². The van der Waals surface area contributed by atoms with E-state index >= 15 is 0 Å². The summed E-state index contributed by atoms with van der Waals surface area (Å²) in [5, 5.41) is 15.5. The highest BCUT2D eigenvalue weighted by Gasteiger charge is 2.17. The molecule has 0 aliphatic carbocycles. The minimum atomic E-state index is -3.85. The average Bonchev–Trinajstić information content (AvgIpc) is 3.07. The second kappa shape index (κ2) is 7.69. The molecule has 0 aliphatic heterocycles. The molecular weight excluding hydrogens is 384 g/mol. The van der Waals surface area contributed by atoms with Crippen LogP contribution in [0.5, 0.6) is 5.75 Å². The maximum atomic E-state index is 12.7. The molecular formula is C18H18N4O5S. The fourth-order valence-electron chi connectivity index (χ4n) is 2.50. The van der Waals surface area contributed by atoms with E-state index in [9.17, 15) is 13.2 Å². The SMILES string of the molecule is Cc1nc(-c2cccc(NS(=O)(=O)c3ccc(OCC(=O)O)c(C)c3)c2)n[nH]1. The Hall–Kier alpha value is -3.40. The molecule has 3 rings (SSSR count). The number of carboxylic acids is 1. The number of aromatic amines is 1. The number of aliphatic carboxylic acids is 1. The fourth-order valence-corrected chi connectivity index (χ4v) is 3.63. The molecule has 0 spiro atoms. The van der Waals surface area contributed by atoms with Gasteiger partial charge in [-0.15, -0.1) is 0 Å². The zero-order valence-electron chi connectivity index (χ0n) is 15.1. The maximum absolute atomic E-state index is 12.7. The Labute approximate surface area is 161 Å². The minimum Gasteiger partial charge on any atom is -0.482 e. The maximum Gasteiger partial charge on any atom is 0.341 e. The van der Waals surface area contributed by atoms with E-state index in [1.54, 1.807) is 38.1 Å². The standard InChI is InChI=1S/C18H18N4O5S/c1-11-8-15(6-7-16(11)27-10-17(23)24)28(25,26)22-14-5-3-4-13(9-14)18-19-12(2)20-21-18/h3-9,22H,10H2,1-2H3,(H,23,24)(H,19,20,21). The summed E-state index contributed by atoms with van der Waals surface area (Å²) in [5.74, 6) is 0.318. The quantitative estimate of drug-likeness (QED) is 0.552. The second-order valence-electron chi connectivity index (χ2n) is 6.04. The van der Waals surface area contributed by atoms with Crippen molar-refractivity contribution in [3.05, 3.63) is 53.9 Å². The summed E-state index contributed by atoms with van der Waals surface area (Å²) < 4.78 is 33.0. The number of carbonyl (C=O) groups is 1.